The lowest BCUT2D eigenvalue weighted by atomic mass is 9.77. The van der Waals surface area contributed by atoms with Gasteiger partial charge in [-0.3, -0.25) is 19.2 Å². The summed E-state index contributed by atoms with van der Waals surface area (Å²) in [6.45, 7) is 13.3. The van der Waals surface area contributed by atoms with Crippen molar-refractivity contribution in [1.82, 2.24) is 26.2 Å². The Morgan fingerprint density at radius 2 is 1.76 bits per heavy atom. The smallest absolute Gasteiger partial charge is 0.315 e. The van der Waals surface area contributed by atoms with Crippen molar-refractivity contribution < 1.29 is 28.7 Å². The Hall–Kier alpha value is -4.17. The van der Waals surface area contributed by atoms with E-state index in [9.17, 15) is 24.0 Å². The van der Waals surface area contributed by atoms with E-state index in [4.69, 9.17) is 11.2 Å². The highest BCUT2D eigenvalue weighted by atomic mass is 16.5. The number of hydrogen-bond donors (Lipinski definition) is 4. The molecule has 0 spiro atoms. The van der Waals surface area contributed by atoms with Gasteiger partial charge in [0.05, 0.1) is 17.7 Å². The van der Waals surface area contributed by atoms with Gasteiger partial charge in [0.25, 0.3) is 5.91 Å². The number of fused-ring (bicyclic) bond motifs is 1. The Kier molecular flexibility index (Phi) is 12.5. The number of hydrogen-bond acceptors (Lipinski definition) is 6. The Morgan fingerprint density at radius 3 is 2.38 bits per heavy atom. The number of nitrogens with one attached hydrogen (secondary N) is 4. The summed E-state index contributed by atoms with van der Waals surface area (Å²) >= 11 is 0. The van der Waals surface area contributed by atoms with E-state index < -0.39 is 70.3 Å². The minimum absolute atomic E-state index is 0.0520. The molecule has 50 heavy (non-hydrogen) atoms. The number of rotatable bonds is 13. The molecule has 1 aromatic carbocycles. The molecule has 0 radical (unpaired) electrons. The molecule has 3 aliphatic rings. The number of nitrogens with zero attached hydrogens (tertiary/aromatic N) is 1. The van der Waals surface area contributed by atoms with Crippen LogP contribution in [-0.4, -0.2) is 82.9 Å². The monoisotopic (exact) mass is 689 g/mol. The largest absolute Gasteiger partial charge is 0.370 e. The third kappa shape index (κ3) is 9.53. The van der Waals surface area contributed by atoms with Crippen LogP contribution in [0.15, 0.2) is 43.0 Å². The van der Waals surface area contributed by atoms with Gasteiger partial charge in [-0.1, -0.05) is 76.4 Å². The van der Waals surface area contributed by atoms with Crippen LogP contribution >= 0.6 is 0 Å². The van der Waals surface area contributed by atoms with Crippen molar-refractivity contribution in [2.24, 2.45) is 11.3 Å². The predicted octanol–water partition coefficient (Wildman–Crippen LogP) is 3.81. The molecule has 2 saturated heterocycles. The van der Waals surface area contributed by atoms with Crippen molar-refractivity contribution in [2.45, 2.75) is 128 Å². The highest BCUT2D eigenvalue weighted by Gasteiger charge is 2.57. The van der Waals surface area contributed by atoms with Gasteiger partial charge >= 0.3 is 6.03 Å². The topological polar surface area (TPSA) is 146 Å². The lowest BCUT2D eigenvalue weighted by Crippen LogP contribution is -2.63. The summed E-state index contributed by atoms with van der Waals surface area (Å²) < 4.78 is 6.31. The molecular formula is C39H55N5O6. The molecular weight excluding hydrogens is 634 g/mol. The van der Waals surface area contributed by atoms with Crippen LogP contribution in [0.25, 0.3) is 0 Å². The molecule has 2 aliphatic heterocycles. The zero-order chi connectivity index (χ0) is 36.7. The summed E-state index contributed by atoms with van der Waals surface area (Å²) in [6, 6.07) is 6.49. The number of carbonyl (C=O) groups is 5. The molecule has 1 aromatic rings. The zero-order valence-corrected chi connectivity index (χ0v) is 30.3. The first-order valence-corrected chi connectivity index (χ1v) is 17.9. The van der Waals surface area contributed by atoms with Gasteiger partial charge in [0.15, 0.2) is 0 Å². The first-order chi connectivity index (χ1) is 23.6. The van der Waals surface area contributed by atoms with Crippen LogP contribution in [0.3, 0.4) is 0 Å². The summed E-state index contributed by atoms with van der Waals surface area (Å²) in [5, 5.41) is 11.5. The van der Waals surface area contributed by atoms with Crippen molar-refractivity contribution in [3.05, 3.63) is 48.6 Å². The Bertz CT molecular complexity index is 1460. The fraction of sp³-hybridized carbons (Fsp3) is 0.615. The van der Waals surface area contributed by atoms with E-state index in [-0.39, 0.29) is 31.8 Å². The first kappa shape index (κ1) is 38.6. The lowest BCUT2D eigenvalue weighted by molar-refractivity contribution is -0.145. The third-order valence-corrected chi connectivity index (χ3v) is 10.1. The number of Topliss-reactive ketones (excluding diaryl/α,β-unsaturated/α-hetero) is 1. The molecule has 4 rings (SSSR count). The van der Waals surface area contributed by atoms with Gasteiger partial charge in [0, 0.05) is 31.0 Å². The quantitative estimate of drug-likeness (QED) is 0.141. The normalized spacial score (nSPS) is 23.4. The molecule has 1 aliphatic carbocycles. The van der Waals surface area contributed by atoms with E-state index in [1.807, 2.05) is 52.8 Å². The van der Waals surface area contributed by atoms with Crippen molar-refractivity contribution in [2.75, 3.05) is 13.1 Å². The van der Waals surface area contributed by atoms with Crippen LogP contribution in [0.2, 0.25) is 0 Å². The van der Waals surface area contributed by atoms with Gasteiger partial charge < -0.3 is 30.9 Å². The van der Waals surface area contributed by atoms with E-state index in [2.05, 4.69) is 45.9 Å². The number of likely N-dealkylation sites (tertiary alicyclic amines) is 1. The van der Waals surface area contributed by atoms with Crippen molar-refractivity contribution >= 4 is 29.5 Å². The molecule has 2 heterocycles. The number of amides is 5. The van der Waals surface area contributed by atoms with Gasteiger partial charge in [0.2, 0.25) is 17.6 Å². The number of urea groups is 1. The van der Waals surface area contributed by atoms with Crippen molar-refractivity contribution in [3.8, 4) is 12.3 Å². The van der Waals surface area contributed by atoms with E-state index in [1.165, 1.54) is 11.0 Å². The van der Waals surface area contributed by atoms with Gasteiger partial charge in [-0.25, -0.2) is 4.79 Å². The van der Waals surface area contributed by atoms with Gasteiger partial charge in [0.1, 0.15) is 12.1 Å². The molecule has 11 nitrogen and oxygen atoms in total. The molecule has 5 atom stereocenters. The van der Waals surface area contributed by atoms with E-state index >= 15 is 0 Å². The summed E-state index contributed by atoms with van der Waals surface area (Å²) in [5.41, 5.74) is -0.558. The van der Waals surface area contributed by atoms with Crippen LogP contribution in [0.5, 0.6) is 0 Å². The maximum absolute atomic E-state index is 14.6. The second kappa shape index (κ2) is 16.2. The Balaban J connectivity index is 1.58. The summed E-state index contributed by atoms with van der Waals surface area (Å²) in [4.78, 5) is 69.8. The minimum Gasteiger partial charge on any atom is -0.370 e. The van der Waals surface area contributed by atoms with E-state index in [0.717, 1.165) is 37.7 Å². The fourth-order valence-electron chi connectivity index (χ4n) is 7.78. The second-order valence-corrected chi connectivity index (χ2v) is 15.8. The highest BCUT2D eigenvalue weighted by Crippen LogP contribution is 2.43. The second-order valence-electron chi connectivity index (χ2n) is 15.8. The molecule has 5 amide bonds. The maximum atomic E-state index is 14.6. The first-order valence-electron chi connectivity index (χ1n) is 17.9. The molecule has 11 heteroatoms. The fourth-order valence-corrected chi connectivity index (χ4v) is 7.78. The van der Waals surface area contributed by atoms with Gasteiger partial charge in [-0.2, -0.15) is 0 Å². The number of carbonyl (C=O) groups excluding carboxylic acids is 5. The Labute approximate surface area is 297 Å². The Morgan fingerprint density at radius 1 is 1.08 bits per heavy atom. The average Bonchev–Trinajstić information content (AvgIpc) is 3.55. The van der Waals surface area contributed by atoms with Gasteiger partial charge in [-0.15, -0.1) is 18.9 Å². The number of terminal acetylenes is 1. The highest BCUT2D eigenvalue weighted by molar-refractivity contribution is 6.38. The minimum atomic E-state index is -1.19. The number of benzene rings is 1. The average molecular weight is 690 g/mol. The van der Waals surface area contributed by atoms with Crippen LogP contribution in [0.4, 0.5) is 4.79 Å². The van der Waals surface area contributed by atoms with E-state index in [1.54, 1.807) is 0 Å². The summed E-state index contributed by atoms with van der Waals surface area (Å²) in [5.74, 6) is -0.574. The maximum Gasteiger partial charge on any atom is 0.315 e. The van der Waals surface area contributed by atoms with Crippen molar-refractivity contribution in [1.29, 1.82) is 0 Å². The van der Waals surface area contributed by atoms with Crippen LogP contribution < -0.4 is 21.3 Å². The molecule has 1 unspecified atom stereocenters. The SMILES string of the molecule is C#CCCC(NC(=O)[C@@H]1[C@H]2CC(C)(C)O[C@H]2CN1C(=O)[C@@H](NC(=O)NC1(Cc2ccccc2)CCCCC1)C(C)(C)C)C(=O)C(=O)NCC=C. The molecule has 1 saturated carbocycles. The lowest BCUT2D eigenvalue weighted by Gasteiger charge is -2.40. The van der Waals surface area contributed by atoms with Crippen LogP contribution in [-0.2, 0) is 30.3 Å². The van der Waals surface area contributed by atoms with Gasteiger partial charge in [-0.05, 0) is 56.9 Å². The standard InChI is InChI=1S/C39H55N5O6/c1-8-10-19-28(31(45)34(47)40-22-9-2)41-33(46)30-27-24-38(6,7)50-29(27)25-44(30)35(48)32(37(3,4)5)42-36(49)43-39(20-15-12-16-21-39)23-26-17-13-11-14-18-26/h1,9,11,13-14,17-18,27-30,32H,2,10,12,15-16,19-25H2,3-7H3,(H,40,47)(H,41,46)(H2,42,43,49)/t27-,28?,29-,30-,32+/m0/s1. The molecule has 0 bridgehead atoms. The zero-order valence-electron chi connectivity index (χ0n) is 30.3. The van der Waals surface area contributed by atoms with Crippen LogP contribution in [0, 0.1) is 23.7 Å². The van der Waals surface area contributed by atoms with Crippen LogP contribution in [0.1, 0.15) is 91.5 Å². The molecule has 4 N–H and O–H groups in total. The molecule has 272 valence electrons. The summed E-state index contributed by atoms with van der Waals surface area (Å²) in [6.07, 6.45) is 12.7. The third-order valence-electron chi connectivity index (χ3n) is 10.1. The number of ketones is 1. The number of ether oxygens (including phenoxy) is 1. The summed E-state index contributed by atoms with van der Waals surface area (Å²) in [7, 11) is 0. The van der Waals surface area contributed by atoms with Crippen molar-refractivity contribution in [3.63, 3.8) is 0 Å². The molecule has 0 aromatic heterocycles. The molecule has 3 fully saturated rings. The predicted molar refractivity (Wildman–Crippen MR) is 192 cm³/mol. The van der Waals surface area contributed by atoms with E-state index in [0.29, 0.717) is 12.8 Å².